The average molecular weight is 265 g/mol. The van der Waals surface area contributed by atoms with Gasteiger partial charge in [0.15, 0.2) is 0 Å². The summed E-state index contributed by atoms with van der Waals surface area (Å²) in [6.45, 7) is 7.69. The number of benzene rings is 1. The molecule has 1 unspecified atom stereocenters. The molecule has 0 fully saturated rings. The summed E-state index contributed by atoms with van der Waals surface area (Å²) >= 11 is 0. The third kappa shape index (κ3) is 6.72. The molecule has 1 atom stereocenters. The van der Waals surface area contributed by atoms with Crippen molar-refractivity contribution >= 4 is 0 Å². The molecular formula is C17H28FN. The van der Waals surface area contributed by atoms with Gasteiger partial charge in [0.25, 0.3) is 0 Å². The quantitative estimate of drug-likeness (QED) is 0.690. The van der Waals surface area contributed by atoms with Crippen LogP contribution >= 0.6 is 0 Å². The van der Waals surface area contributed by atoms with E-state index < -0.39 is 0 Å². The molecule has 0 spiro atoms. The van der Waals surface area contributed by atoms with E-state index in [1.54, 1.807) is 12.1 Å². The van der Waals surface area contributed by atoms with Crippen LogP contribution in [0.4, 0.5) is 4.39 Å². The maximum atomic E-state index is 13.7. The molecule has 0 saturated carbocycles. The highest BCUT2D eigenvalue weighted by atomic mass is 19.1. The van der Waals surface area contributed by atoms with Crippen LogP contribution in [0.15, 0.2) is 24.3 Å². The number of rotatable bonds is 9. The minimum Gasteiger partial charge on any atom is -0.314 e. The van der Waals surface area contributed by atoms with Gasteiger partial charge >= 0.3 is 0 Å². The van der Waals surface area contributed by atoms with Crippen LogP contribution in [0.1, 0.15) is 52.0 Å². The van der Waals surface area contributed by atoms with Gasteiger partial charge in [0.1, 0.15) is 5.82 Å². The van der Waals surface area contributed by atoms with E-state index in [0.717, 1.165) is 37.3 Å². The molecule has 108 valence electrons. The van der Waals surface area contributed by atoms with Crippen molar-refractivity contribution in [1.82, 2.24) is 5.32 Å². The molecule has 0 aromatic heterocycles. The van der Waals surface area contributed by atoms with Crippen molar-refractivity contribution in [2.24, 2.45) is 5.92 Å². The Balaban J connectivity index is 2.51. The lowest BCUT2D eigenvalue weighted by Crippen LogP contribution is -2.32. The Bertz CT molecular complexity index is 349. The summed E-state index contributed by atoms with van der Waals surface area (Å²) in [7, 11) is 0. The summed E-state index contributed by atoms with van der Waals surface area (Å²) in [5.74, 6) is 0.676. The summed E-state index contributed by atoms with van der Waals surface area (Å²) in [5, 5.41) is 3.55. The first-order chi connectivity index (χ1) is 9.13. The monoisotopic (exact) mass is 265 g/mol. The van der Waals surface area contributed by atoms with Crippen molar-refractivity contribution < 1.29 is 4.39 Å². The Hall–Kier alpha value is -0.890. The molecule has 1 rings (SSSR count). The number of hydrogen-bond donors (Lipinski definition) is 1. The molecule has 1 N–H and O–H groups in total. The number of halogens is 1. The second kappa shape index (κ2) is 9.08. The zero-order chi connectivity index (χ0) is 14.1. The van der Waals surface area contributed by atoms with Crippen LogP contribution in [0.2, 0.25) is 0 Å². The van der Waals surface area contributed by atoms with Crippen molar-refractivity contribution in [2.45, 2.75) is 58.9 Å². The van der Waals surface area contributed by atoms with Crippen LogP contribution < -0.4 is 5.32 Å². The molecule has 19 heavy (non-hydrogen) atoms. The normalized spacial score (nSPS) is 12.9. The van der Waals surface area contributed by atoms with E-state index in [4.69, 9.17) is 0 Å². The summed E-state index contributed by atoms with van der Waals surface area (Å²) in [5.41, 5.74) is 0.834. The first-order valence-electron chi connectivity index (χ1n) is 7.60. The second-order valence-corrected chi connectivity index (χ2v) is 5.77. The molecule has 0 saturated heterocycles. The van der Waals surface area contributed by atoms with Crippen LogP contribution in [0.3, 0.4) is 0 Å². The van der Waals surface area contributed by atoms with Gasteiger partial charge < -0.3 is 5.32 Å². The molecule has 0 bridgehead atoms. The molecule has 1 nitrogen and oxygen atoms in total. The zero-order valence-electron chi connectivity index (χ0n) is 12.6. The van der Waals surface area contributed by atoms with Crippen LogP contribution in [0, 0.1) is 11.7 Å². The Morgan fingerprint density at radius 3 is 2.53 bits per heavy atom. The van der Waals surface area contributed by atoms with Crippen molar-refractivity contribution in [3.05, 3.63) is 35.6 Å². The highest BCUT2D eigenvalue weighted by Crippen LogP contribution is 2.14. The van der Waals surface area contributed by atoms with Crippen LogP contribution in [0.25, 0.3) is 0 Å². The molecule has 2 heteroatoms. The zero-order valence-corrected chi connectivity index (χ0v) is 12.6. The smallest absolute Gasteiger partial charge is 0.126 e. The van der Waals surface area contributed by atoms with E-state index in [2.05, 4.69) is 26.1 Å². The van der Waals surface area contributed by atoms with Gasteiger partial charge in [-0.3, -0.25) is 0 Å². The van der Waals surface area contributed by atoms with Gasteiger partial charge in [-0.2, -0.15) is 0 Å². The molecule has 0 aliphatic rings. The Labute approximate surface area is 117 Å². The van der Waals surface area contributed by atoms with Crippen molar-refractivity contribution in [3.8, 4) is 0 Å². The molecule has 0 amide bonds. The van der Waals surface area contributed by atoms with Crippen LogP contribution in [-0.2, 0) is 6.42 Å². The number of hydrogen-bond acceptors (Lipinski definition) is 1. The van der Waals surface area contributed by atoms with Gasteiger partial charge in [0, 0.05) is 6.04 Å². The van der Waals surface area contributed by atoms with Gasteiger partial charge in [-0.1, -0.05) is 51.8 Å². The molecule has 0 aliphatic heterocycles. The van der Waals surface area contributed by atoms with Crippen molar-refractivity contribution in [2.75, 3.05) is 6.54 Å². The molecular weight excluding hydrogens is 237 g/mol. The Morgan fingerprint density at radius 2 is 1.89 bits per heavy atom. The highest BCUT2D eigenvalue weighted by Gasteiger charge is 2.11. The van der Waals surface area contributed by atoms with Gasteiger partial charge in [0.2, 0.25) is 0 Å². The first kappa shape index (κ1) is 16.2. The molecule has 0 radical (unpaired) electrons. The fourth-order valence-electron chi connectivity index (χ4n) is 2.33. The summed E-state index contributed by atoms with van der Waals surface area (Å²) < 4.78 is 13.7. The third-order valence-corrected chi connectivity index (χ3v) is 3.44. The first-order valence-corrected chi connectivity index (χ1v) is 7.60. The van der Waals surface area contributed by atoms with Crippen molar-refractivity contribution in [1.29, 1.82) is 0 Å². The third-order valence-electron chi connectivity index (χ3n) is 3.44. The van der Waals surface area contributed by atoms with E-state index in [1.165, 1.54) is 12.8 Å². The van der Waals surface area contributed by atoms with Crippen LogP contribution in [-0.4, -0.2) is 12.6 Å². The lowest BCUT2D eigenvalue weighted by atomic mass is 9.98. The maximum absolute atomic E-state index is 13.7. The second-order valence-electron chi connectivity index (χ2n) is 5.77. The lowest BCUT2D eigenvalue weighted by Gasteiger charge is -2.19. The van der Waals surface area contributed by atoms with E-state index >= 15 is 0 Å². The van der Waals surface area contributed by atoms with E-state index in [0.29, 0.717) is 6.04 Å². The van der Waals surface area contributed by atoms with E-state index in [-0.39, 0.29) is 5.82 Å². The van der Waals surface area contributed by atoms with Gasteiger partial charge in [-0.25, -0.2) is 4.39 Å². The molecule has 1 aromatic carbocycles. The Kier molecular flexibility index (Phi) is 7.73. The SMILES string of the molecule is CCCNC(CCCC(C)C)Cc1ccccc1F. The fraction of sp³-hybridized carbons (Fsp3) is 0.647. The van der Waals surface area contributed by atoms with Crippen molar-refractivity contribution in [3.63, 3.8) is 0 Å². The largest absolute Gasteiger partial charge is 0.314 e. The molecule has 0 heterocycles. The number of nitrogens with one attached hydrogen (secondary N) is 1. The predicted molar refractivity (Wildman–Crippen MR) is 80.9 cm³/mol. The standard InChI is InChI=1S/C17H28FN/c1-4-12-19-16(10-7-8-14(2)3)13-15-9-5-6-11-17(15)18/h5-6,9,11,14,16,19H,4,7-8,10,12-13H2,1-3H3. The maximum Gasteiger partial charge on any atom is 0.126 e. The van der Waals surface area contributed by atoms with Crippen LogP contribution in [0.5, 0.6) is 0 Å². The summed E-state index contributed by atoms with van der Waals surface area (Å²) in [4.78, 5) is 0. The van der Waals surface area contributed by atoms with Gasteiger partial charge in [0.05, 0.1) is 0 Å². The molecule has 1 aromatic rings. The average Bonchev–Trinajstić information content (AvgIpc) is 2.37. The predicted octanol–water partition coefficient (Wildman–Crippen LogP) is 4.56. The summed E-state index contributed by atoms with van der Waals surface area (Å²) in [6.07, 6.45) is 5.52. The summed E-state index contributed by atoms with van der Waals surface area (Å²) in [6, 6.07) is 7.53. The lowest BCUT2D eigenvalue weighted by molar-refractivity contribution is 0.429. The molecule has 0 aliphatic carbocycles. The van der Waals surface area contributed by atoms with E-state index in [1.807, 2.05) is 12.1 Å². The topological polar surface area (TPSA) is 12.0 Å². The van der Waals surface area contributed by atoms with Gasteiger partial charge in [-0.15, -0.1) is 0 Å². The highest BCUT2D eigenvalue weighted by molar-refractivity contribution is 5.18. The fourth-order valence-corrected chi connectivity index (χ4v) is 2.33. The minimum atomic E-state index is -0.0744. The Morgan fingerprint density at radius 1 is 1.16 bits per heavy atom. The van der Waals surface area contributed by atoms with E-state index in [9.17, 15) is 4.39 Å². The van der Waals surface area contributed by atoms with Gasteiger partial charge in [-0.05, 0) is 43.4 Å². The minimum absolute atomic E-state index is 0.0744.